The second kappa shape index (κ2) is 6.37. The van der Waals surface area contributed by atoms with Gasteiger partial charge < -0.3 is 15.5 Å². The number of carboxylic acids is 1. The molecule has 19 heavy (non-hydrogen) atoms. The molecule has 1 aliphatic carbocycles. The average molecular weight is 271 g/mol. The molecule has 1 aliphatic rings. The van der Waals surface area contributed by atoms with Crippen molar-refractivity contribution in [2.75, 3.05) is 6.61 Å². The van der Waals surface area contributed by atoms with Crippen molar-refractivity contribution in [3.8, 4) is 0 Å². The van der Waals surface area contributed by atoms with Crippen LogP contribution in [0.3, 0.4) is 0 Å². The minimum atomic E-state index is -0.879. The quantitative estimate of drug-likeness (QED) is 0.681. The molecule has 0 bridgehead atoms. The van der Waals surface area contributed by atoms with Gasteiger partial charge in [0.1, 0.15) is 0 Å². The number of aliphatic carboxylic acids is 1. The molecule has 0 aromatic carbocycles. The van der Waals surface area contributed by atoms with Crippen LogP contribution in [0, 0.1) is 17.8 Å². The maximum absolute atomic E-state index is 12.3. The third-order valence-corrected chi connectivity index (χ3v) is 4.09. The Labute approximate surface area is 114 Å². The fraction of sp³-hybridized carbons (Fsp3) is 0.857. The van der Waals surface area contributed by atoms with Crippen LogP contribution < -0.4 is 5.32 Å². The van der Waals surface area contributed by atoms with E-state index in [1.54, 1.807) is 0 Å². The van der Waals surface area contributed by atoms with Gasteiger partial charge in [0.05, 0.1) is 11.8 Å². The third-order valence-electron chi connectivity index (χ3n) is 4.09. The number of hydrogen-bond acceptors (Lipinski definition) is 3. The third kappa shape index (κ3) is 4.20. The van der Waals surface area contributed by atoms with Gasteiger partial charge in [-0.2, -0.15) is 0 Å². The van der Waals surface area contributed by atoms with Gasteiger partial charge >= 0.3 is 5.97 Å². The minimum absolute atomic E-state index is 0.00209. The lowest BCUT2D eigenvalue weighted by molar-refractivity contribution is -0.146. The number of hydrogen-bond donors (Lipinski definition) is 3. The van der Waals surface area contributed by atoms with E-state index >= 15 is 0 Å². The first-order chi connectivity index (χ1) is 8.80. The lowest BCUT2D eigenvalue weighted by atomic mass is 9.93. The van der Waals surface area contributed by atoms with Gasteiger partial charge in [0.25, 0.3) is 0 Å². The number of carbonyl (C=O) groups is 2. The SMILES string of the molecule is CCC1C[C@H](C(=O)NC(C)(C)CCO)[C@H](C(=O)O)C1. The molecule has 0 heterocycles. The molecule has 1 fully saturated rings. The fourth-order valence-corrected chi connectivity index (χ4v) is 2.81. The van der Waals surface area contributed by atoms with Crippen molar-refractivity contribution in [2.45, 2.75) is 52.0 Å². The Hall–Kier alpha value is -1.10. The summed E-state index contributed by atoms with van der Waals surface area (Å²) in [5.74, 6) is -1.77. The van der Waals surface area contributed by atoms with Crippen LogP contribution in [0.15, 0.2) is 0 Å². The van der Waals surface area contributed by atoms with Crippen molar-refractivity contribution in [3.63, 3.8) is 0 Å². The molecule has 0 radical (unpaired) electrons. The van der Waals surface area contributed by atoms with E-state index in [-0.39, 0.29) is 12.5 Å². The number of carbonyl (C=O) groups excluding carboxylic acids is 1. The maximum Gasteiger partial charge on any atom is 0.307 e. The van der Waals surface area contributed by atoms with E-state index in [4.69, 9.17) is 5.11 Å². The van der Waals surface area contributed by atoms with Crippen LogP contribution in [0.4, 0.5) is 0 Å². The van der Waals surface area contributed by atoms with E-state index in [2.05, 4.69) is 5.32 Å². The van der Waals surface area contributed by atoms with Gasteiger partial charge in [-0.15, -0.1) is 0 Å². The highest BCUT2D eigenvalue weighted by molar-refractivity contribution is 5.85. The number of amides is 1. The summed E-state index contributed by atoms with van der Waals surface area (Å²) in [5.41, 5.74) is -0.501. The summed E-state index contributed by atoms with van der Waals surface area (Å²) < 4.78 is 0. The zero-order valence-electron chi connectivity index (χ0n) is 12.0. The first-order valence-corrected chi connectivity index (χ1v) is 6.96. The molecule has 1 unspecified atom stereocenters. The number of nitrogens with one attached hydrogen (secondary N) is 1. The number of rotatable bonds is 6. The number of aliphatic hydroxyl groups is 1. The van der Waals surface area contributed by atoms with Crippen LogP contribution in [-0.4, -0.2) is 34.2 Å². The van der Waals surface area contributed by atoms with Gasteiger partial charge in [0.15, 0.2) is 0 Å². The molecule has 0 spiro atoms. The highest BCUT2D eigenvalue weighted by Crippen LogP contribution is 2.38. The van der Waals surface area contributed by atoms with Crippen LogP contribution in [-0.2, 0) is 9.59 Å². The lowest BCUT2D eigenvalue weighted by Gasteiger charge is -2.28. The molecule has 0 aliphatic heterocycles. The molecule has 3 atom stereocenters. The molecule has 1 rings (SSSR count). The van der Waals surface area contributed by atoms with E-state index in [0.29, 0.717) is 25.2 Å². The van der Waals surface area contributed by atoms with Crippen molar-refractivity contribution < 1.29 is 19.8 Å². The van der Waals surface area contributed by atoms with Crippen LogP contribution in [0.25, 0.3) is 0 Å². The topological polar surface area (TPSA) is 86.6 Å². The zero-order valence-corrected chi connectivity index (χ0v) is 12.0. The number of aliphatic hydroxyl groups excluding tert-OH is 1. The van der Waals surface area contributed by atoms with Crippen LogP contribution >= 0.6 is 0 Å². The summed E-state index contributed by atoms with van der Waals surface area (Å²) in [5, 5.41) is 21.0. The van der Waals surface area contributed by atoms with E-state index in [1.165, 1.54) is 0 Å². The normalized spacial score (nSPS) is 27.3. The molecule has 5 nitrogen and oxygen atoms in total. The second-order valence-corrected chi connectivity index (χ2v) is 6.14. The monoisotopic (exact) mass is 271 g/mol. The first-order valence-electron chi connectivity index (χ1n) is 6.96. The molecule has 110 valence electrons. The van der Waals surface area contributed by atoms with Crippen molar-refractivity contribution in [1.29, 1.82) is 0 Å². The summed E-state index contributed by atoms with van der Waals surface area (Å²) >= 11 is 0. The van der Waals surface area contributed by atoms with Gasteiger partial charge in [0, 0.05) is 12.1 Å². The predicted molar refractivity (Wildman–Crippen MR) is 71.6 cm³/mol. The summed E-state index contributed by atoms with van der Waals surface area (Å²) in [6.07, 6.45) is 2.60. The number of carboxylic acid groups (broad SMARTS) is 1. The Morgan fingerprint density at radius 2 is 1.84 bits per heavy atom. The molecule has 0 aromatic heterocycles. The Balaban J connectivity index is 2.71. The van der Waals surface area contributed by atoms with E-state index in [1.807, 2.05) is 20.8 Å². The molecular formula is C14H25NO4. The van der Waals surface area contributed by atoms with Crippen molar-refractivity contribution >= 4 is 11.9 Å². The molecule has 1 saturated carbocycles. The van der Waals surface area contributed by atoms with Crippen molar-refractivity contribution in [3.05, 3.63) is 0 Å². The molecule has 0 saturated heterocycles. The van der Waals surface area contributed by atoms with Gasteiger partial charge in [-0.1, -0.05) is 13.3 Å². The smallest absolute Gasteiger partial charge is 0.307 e. The Morgan fingerprint density at radius 3 is 2.32 bits per heavy atom. The Bertz CT molecular complexity index is 340. The Morgan fingerprint density at radius 1 is 1.26 bits per heavy atom. The average Bonchev–Trinajstić information content (AvgIpc) is 2.72. The van der Waals surface area contributed by atoms with Crippen LogP contribution in [0.1, 0.15) is 46.5 Å². The first kappa shape index (κ1) is 16.0. The van der Waals surface area contributed by atoms with E-state index in [0.717, 1.165) is 6.42 Å². The molecule has 0 aromatic rings. The van der Waals surface area contributed by atoms with Gasteiger partial charge in [-0.05, 0) is 39.0 Å². The highest BCUT2D eigenvalue weighted by Gasteiger charge is 2.43. The van der Waals surface area contributed by atoms with Crippen LogP contribution in [0.2, 0.25) is 0 Å². The largest absolute Gasteiger partial charge is 0.481 e. The Kier molecular flexibility index (Phi) is 5.35. The van der Waals surface area contributed by atoms with E-state index < -0.39 is 23.3 Å². The van der Waals surface area contributed by atoms with Crippen LogP contribution in [0.5, 0.6) is 0 Å². The predicted octanol–water partition coefficient (Wildman–Crippen LogP) is 1.40. The summed E-state index contributed by atoms with van der Waals surface area (Å²) in [4.78, 5) is 23.5. The molecular weight excluding hydrogens is 246 g/mol. The van der Waals surface area contributed by atoms with E-state index in [9.17, 15) is 14.7 Å². The zero-order chi connectivity index (χ0) is 14.6. The van der Waals surface area contributed by atoms with Gasteiger partial charge in [-0.25, -0.2) is 0 Å². The summed E-state index contributed by atoms with van der Waals surface area (Å²) in [6, 6.07) is 0. The van der Waals surface area contributed by atoms with Gasteiger partial charge in [0.2, 0.25) is 5.91 Å². The minimum Gasteiger partial charge on any atom is -0.481 e. The maximum atomic E-state index is 12.3. The van der Waals surface area contributed by atoms with Crippen molar-refractivity contribution in [2.24, 2.45) is 17.8 Å². The summed E-state index contributed by atoms with van der Waals surface area (Å²) in [7, 11) is 0. The molecule has 5 heteroatoms. The highest BCUT2D eigenvalue weighted by atomic mass is 16.4. The molecule has 1 amide bonds. The summed E-state index contributed by atoms with van der Waals surface area (Å²) in [6.45, 7) is 5.70. The van der Waals surface area contributed by atoms with Gasteiger partial charge in [-0.3, -0.25) is 9.59 Å². The van der Waals surface area contributed by atoms with Crippen molar-refractivity contribution in [1.82, 2.24) is 5.32 Å². The molecule has 3 N–H and O–H groups in total. The fourth-order valence-electron chi connectivity index (χ4n) is 2.81. The second-order valence-electron chi connectivity index (χ2n) is 6.14. The lowest BCUT2D eigenvalue weighted by Crippen LogP contribution is -2.48. The standard InChI is InChI=1S/C14H25NO4/c1-4-9-7-10(11(8-9)13(18)19)12(17)15-14(2,3)5-6-16/h9-11,16H,4-8H2,1-3H3,(H,15,17)(H,18,19)/t9?,10-,11+/m0/s1.